The lowest BCUT2D eigenvalue weighted by molar-refractivity contribution is 0.0108. The number of hydrogen-bond donors (Lipinski definition) is 1. The van der Waals surface area contributed by atoms with Crippen molar-refractivity contribution in [1.82, 2.24) is 10.3 Å². The fourth-order valence-corrected chi connectivity index (χ4v) is 2.79. The standard InChI is InChI=1S/C12H15ClN2O/c1-12-4-5-14-7-9(12)16-11-8(6-12)2-3-10(13)15-11/h2-3,9,14H,4-7H2,1H3/t9?,12-/m0/s1. The Morgan fingerprint density at radius 1 is 1.56 bits per heavy atom. The van der Waals surface area contributed by atoms with Crippen LogP contribution >= 0.6 is 11.6 Å². The maximum absolute atomic E-state index is 5.96. The lowest BCUT2D eigenvalue weighted by Crippen LogP contribution is -2.53. The predicted molar refractivity (Wildman–Crippen MR) is 63.0 cm³/mol. The Kier molecular flexibility index (Phi) is 2.33. The van der Waals surface area contributed by atoms with Crippen LogP contribution in [-0.4, -0.2) is 24.2 Å². The average molecular weight is 239 g/mol. The van der Waals surface area contributed by atoms with Gasteiger partial charge in [-0.25, -0.2) is 4.98 Å². The molecule has 0 radical (unpaired) electrons. The van der Waals surface area contributed by atoms with Crippen LogP contribution in [0.15, 0.2) is 12.1 Å². The monoisotopic (exact) mass is 238 g/mol. The summed E-state index contributed by atoms with van der Waals surface area (Å²) in [4.78, 5) is 4.25. The zero-order valence-electron chi connectivity index (χ0n) is 9.29. The van der Waals surface area contributed by atoms with E-state index >= 15 is 0 Å². The first-order valence-electron chi connectivity index (χ1n) is 5.70. The SMILES string of the molecule is C[C@@]12CCNCC1Oc1nc(Cl)ccc1C2. The van der Waals surface area contributed by atoms with Gasteiger partial charge in [-0.2, -0.15) is 0 Å². The topological polar surface area (TPSA) is 34.1 Å². The molecule has 4 heteroatoms. The van der Waals surface area contributed by atoms with Crippen molar-refractivity contribution in [2.24, 2.45) is 5.41 Å². The van der Waals surface area contributed by atoms with Crippen LogP contribution in [0.3, 0.4) is 0 Å². The Hall–Kier alpha value is -0.800. The molecule has 0 saturated carbocycles. The normalized spacial score (nSPS) is 32.5. The lowest BCUT2D eigenvalue weighted by atomic mass is 9.73. The fourth-order valence-electron chi connectivity index (χ4n) is 2.65. The van der Waals surface area contributed by atoms with Gasteiger partial charge in [0.05, 0.1) is 0 Å². The van der Waals surface area contributed by atoms with Crippen LogP contribution in [0.25, 0.3) is 0 Å². The van der Waals surface area contributed by atoms with Crippen LogP contribution in [0.4, 0.5) is 0 Å². The summed E-state index contributed by atoms with van der Waals surface area (Å²) >= 11 is 5.88. The summed E-state index contributed by atoms with van der Waals surface area (Å²) in [5.74, 6) is 0.721. The van der Waals surface area contributed by atoms with Crippen LogP contribution in [0.2, 0.25) is 5.15 Å². The molecule has 0 amide bonds. The Balaban J connectivity index is 1.98. The molecule has 1 fully saturated rings. The number of nitrogens with one attached hydrogen (secondary N) is 1. The molecule has 3 heterocycles. The van der Waals surface area contributed by atoms with Gasteiger partial charge in [-0.05, 0) is 25.5 Å². The number of pyridine rings is 1. The van der Waals surface area contributed by atoms with Gasteiger partial charge in [0, 0.05) is 17.5 Å². The van der Waals surface area contributed by atoms with Crippen molar-refractivity contribution in [2.75, 3.05) is 13.1 Å². The van der Waals surface area contributed by atoms with Crippen LogP contribution in [0.1, 0.15) is 18.9 Å². The highest BCUT2D eigenvalue weighted by atomic mass is 35.5. The summed E-state index contributed by atoms with van der Waals surface area (Å²) in [5.41, 5.74) is 1.43. The largest absolute Gasteiger partial charge is 0.472 e. The molecular weight excluding hydrogens is 224 g/mol. The number of fused-ring (bicyclic) bond motifs is 2. The summed E-state index contributed by atoms with van der Waals surface area (Å²) in [6.07, 6.45) is 2.41. The third-order valence-corrected chi connectivity index (χ3v) is 3.94. The number of piperidine rings is 1. The van der Waals surface area contributed by atoms with Gasteiger partial charge in [0.1, 0.15) is 11.3 Å². The summed E-state index contributed by atoms with van der Waals surface area (Å²) in [6, 6.07) is 3.88. The lowest BCUT2D eigenvalue weighted by Gasteiger charge is -2.44. The molecule has 1 saturated heterocycles. The number of rotatable bonds is 0. The molecule has 1 unspecified atom stereocenters. The first-order chi connectivity index (χ1) is 7.67. The zero-order valence-corrected chi connectivity index (χ0v) is 10.0. The molecule has 2 atom stereocenters. The summed E-state index contributed by atoms with van der Waals surface area (Å²) in [6.45, 7) is 4.28. The molecule has 0 spiro atoms. The van der Waals surface area contributed by atoms with Gasteiger partial charge in [-0.15, -0.1) is 0 Å². The van der Waals surface area contributed by atoms with Crippen molar-refractivity contribution in [3.05, 3.63) is 22.8 Å². The maximum atomic E-state index is 5.96. The number of aromatic nitrogens is 1. The highest BCUT2D eigenvalue weighted by Crippen LogP contribution is 2.41. The number of ether oxygens (including phenoxy) is 1. The van der Waals surface area contributed by atoms with Crippen LogP contribution in [0, 0.1) is 5.41 Å². The Morgan fingerprint density at radius 2 is 2.44 bits per heavy atom. The minimum Gasteiger partial charge on any atom is -0.472 e. The van der Waals surface area contributed by atoms with Crippen LogP contribution < -0.4 is 10.1 Å². The highest BCUT2D eigenvalue weighted by molar-refractivity contribution is 6.29. The molecule has 1 N–H and O–H groups in total. The molecule has 1 aromatic heterocycles. The molecule has 16 heavy (non-hydrogen) atoms. The van der Waals surface area contributed by atoms with E-state index < -0.39 is 0 Å². The van der Waals surface area contributed by atoms with Crippen molar-refractivity contribution in [3.8, 4) is 5.88 Å². The van der Waals surface area contributed by atoms with E-state index in [-0.39, 0.29) is 11.5 Å². The van der Waals surface area contributed by atoms with E-state index in [9.17, 15) is 0 Å². The van der Waals surface area contributed by atoms with Gasteiger partial charge in [0.2, 0.25) is 5.88 Å². The van der Waals surface area contributed by atoms with Crippen LogP contribution in [-0.2, 0) is 6.42 Å². The first-order valence-corrected chi connectivity index (χ1v) is 6.08. The van der Waals surface area contributed by atoms with Crippen molar-refractivity contribution in [2.45, 2.75) is 25.9 Å². The Bertz CT molecular complexity index is 423. The minimum absolute atomic E-state index is 0.222. The summed E-state index contributed by atoms with van der Waals surface area (Å²) < 4.78 is 5.96. The Labute approximate surface area is 100 Å². The van der Waals surface area contributed by atoms with Gasteiger partial charge in [0.25, 0.3) is 0 Å². The fraction of sp³-hybridized carbons (Fsp3) is 0.583. The predicted octanol–water partition coefficient (Wildman–Crippen LogP) is 2.04. The van der Waals surface area contributed by atoms with Gasteiger partial charge >= 0.3 is 0 Å². The zero-order chi connectivity index (χ0) is 11.2. The number of nitrogens with zero attached hydrogens (tertiary/aromatic N) is 1. The van der Waals surface area contributed by atoms with Gasteiger partial charge in [-0.1, -0.05) is 24.6 Å². The second kappa shape index (κ2) is 3.60. The molecule has 1 aromatic rings. The van der Waals surface area contributed by atoms with E-state index in [0.29, 0.717) is 5.15 Å². The number of halogens is 1. The molecule has 2 aliphatic heterocycles. The molecule has 0 aromatic carbocycles. The molecule has 2 aliphatic rings. The average Bonchev–Trinajstić information content (AvgIpc) is 2.26. The van der Waals surface area contributed by atoms with E-state index in [1.54, 1.807) is 0 Å². The molecule has 86 valence electrons. The van der Waals surface area contributed by atoms with E-state index in [0.717, 1.165) is 31.8 Å². The van der Waals surface area contributed by atoms with Crippen molar-refractivity contribution in [3.63, 3.8) is 0 Å². The van der Waals surface area contributed by atoms with Crippen molar-refractivity contribution in [1.29, 1.82) is 0 Å². The minimum atomic E-state index is 0.222. The molecular formula is C12H15ClN2O. The summed E-state index contributed by atoms with van der Waals surface area (Å²) in [7, 11) is 0. The third-order valence-electron chi connectivity index (χ3n) is 3.73. The van der Waals surface area contributed by atoms with Crippen molar-refractivity contribution < 1.29 is 4.74 Å². The smallest absolute Gasteiger partial charge is 0.218 e. The summed E-state index contributed by atoms with van der Waals surface area (Å²) in [5, 5.41) is 3.87. The van der Waals surface area contributed by atoms with E-state index in [1.165, 1.54) is 5.56 Å². The maximum Gasteiger partial charge on any atom is 0.218 e. The first kappa shape index (κ1) is 10.4. The molecule has 0 aliphatic carbocycles. The highest BCUT2D eigenvalue weighted by Gasteiger charge is 2.42. The molecule has 3 nitrogen and oxygen atoms in total. The second-order valence-electron chi connectivity index (χ2n) is 4.99. The molecule has 3 rings (SSSR count). The van der Waals surface area contributed by atoms with Gasteiger partial charge < -0.3 is 10.1 Å². The van der Waals surface area contributed by atoms with E-state index in [2.05, 4.69) is 17.2 Å². The van der Waals surface area contributed by atoms with Gasteiger partial charge in [-0.3, -0.25) is 0 Å². The molecule has 0 bridgehead atoms. The second-order valence-corrected chi connectivity index (χ2v) is 5.38. The Morgan fingerprint density at radius 3 is 3.31 bits per heavy atom. The van der Waals surface area contributed by atoms with Gasteiger partial charge in [0.15, 0.2) is 0 Å². The quantitative estimate of drug-likeness (QED) is 0.703. The van der Waals surface area contributed by atoms with E-state index in [4.69, 9.17) is 16.3 Å². The van der Waals surface area contributed by atoms with E-state index in [1.807, 2.05) is 12.1 Å². The van der Waals surface area contributed by atoms with Crippen molar-refractivity contribution >= 4 is 11.6 Å². The van der Waals surface area contributed by atoms with Crippen LogP contribution in [0.5, 0.6) is 5.88 Å². The number of hydrogen-bond acceptors (Lipinski definition) is 3. The third kappa shape index (κ3) is 1.59.